The van der Waals surface area contributed by atoms with E-state index in [1.54, 1.807) is 0 Å². The summed E-state index contributed by atoms with van der Waals surface area (Å²) in [6.07, 6.45) is 3.23. The maximum Gasteiger partial charge on any atom is 0.330 e. The first kappa shape index (κ1) is 12.2. The van der Waals surface area contributed by atoms with Crippen LogP contribution in [0.2, 0.25) is 0 Å². The number of hydrogen-bond donors (Lipinski definition) is 0. The summed E-state index contributed by atoms with van der Waals surface area (Å²) in [5.74, 6) is -0.335. The smallest absolute Gasteiger partial charge is 0.330 e. The second-order valence-electron chi connectivity index (χ2n) is 3.03. The Hall–Kier alpha value is -0.830. The van der Waals surface area contributed by atoms with Crippen molar-refractivity contribution in [3.05, 3.63) is 12.7 Å². The van der Waals surface area contributed by atoms with E-state index in [4.69, 9.17) is 4.74 Å². The van der Waals surface area contributed by atoms with Crippen molar-refractivity contribution in [1.82, 2.24) is 4.90 Å². The highest BCUT2D eigenvalue weighted by molar-refractivity contribution is 5.81. The van der Waals surface area contributed by atoms with Gasteiger partial charge in [0.25, 0.3) is 0 Å². The van der Waals surface area contributed by atoms with Gasteiger partial charge in [0.15, 0.2) is 0 Å². The van der Waals surface area contributed by atoms with Crippen LogP contribution >= 0.6 is 0 Å². The quantitative estimate of drug-likeness (QED) is 0.341. The normalized spacial score (nSPS) is 10.1. The van der Waals surface area contributed by atoms with Crippen molar-refractivity contribution < 1.29 is 9.53 Å². The number of ether oxygens (including phenoxy) is 1. The van der Waals surface area contributed by atoms with E-state index in [-0.39, 0.29) is 5.97 Å². The van der Waals surface area contributed by atoms with Crippen LogP contribution in [0.5, 0.6) is 0 Å². The first-order valence-electron chi connectivity index (χ1n) is 4.68. The molecule has 0 N–H and O–H groups in total. The summed E-state index contributed by atoms with van der Waals surface area (Å²) >= 11 is 0. The van der Waals surface area contributed by atoms with Gasteiger partial charge >= 0.3 is 5.97 Å². The second kappa shape index (κ2) is 7.80. The van der Waals surface area contributed by atoms with Gasteiger partial charge < -0.3 is 9.64 Å². The highest BCUT2D eigenvalue weighted by Crippen LogP contribution is 1.91. The van der Waals surface area contributed by atoms with Crippen molar-refractivity contribution in [2.75, 3.05) is 26.7 Å². The molecule has 3 heteroatoms. The van der Waals surface area contributed by atoms with Crippen LogP contribution in [-0.2, 0) is 9.53 Å². The van der Waals surface area contributed by atoms with Gasteiger partial charge in [0.1, 0.15) is 0 Å². The Morgan fingerprint density at radius 3 is 2.77 bits per heavy atom. The fourth-order valence-electron chi connectivity index (χ4n) is 1.06. The average molecular weight is 185 g/mol. The van der Waals surface area contributed by atoms with Crippen LogP contribution < -0.4 is 0 Å². The average Bonchev–Trinajstić information content (AvgIpc) is 2.12. The zero-order chi connectivity index (χ0) is 10.1. The van der Waals surface area contributed by atoms with Crippen molar-refractivity contribution in [1.29, 1.82) is 0 Å². The van der Waals surface area contributed by atoms with E-state index in [0.717, 1.165) is 25.9 Å². The lowest BCUT2D eigenvalue weighted by Gasteiger charge is -2.14. The second-order valence-corrected chi connectivity index (χ2v) is 3.03. The lowest BCUT2D eigenvalue weighted by molar-refractivity contribution is -0.137. The summed E-state index contributed by atoms with van der Waals surface area (Å²) in [4.78, 5) is 12.9. The van der Waals surface area contributed by atoms with Crippen LogP contribution in [0.15, 0.2) is 12.7 Å². The van der Waals surface area contributed by atoms with Gasteiger partial charge in [-0.05, 0) is 26.4 Å². The van der Waals surface area contributed by atoms with Gasteiger partial charge in [-0.25, -0.2) is 4.79 Å². The van der Waals surface area contributed by atoms with E-state index in [1.165, 1.54) is 6.08 Å². The van der Waals surface area contributed by atoms with E-state index in [2.05, 4.69) is 25.5 Å². The number of rotatable bonds is 7. The number of carbonyl (C=O) groups excluding carboxylic acids is 1. The van der Waals surface area contributed by atoms with Crippen molar-refractivity contribution in [2.24, 2.45) is 0 Å². The molecule has 0 heterocycles. The fraction of sp³-hybridized carbons (Fsp3) is 0.700. The van der Waals surface area contributed by atoms with Crippen molar-refractivity contribution in [2.45, 2.75) is 19.8 Å². The molecule has 0 aliphatic carbocycles. The third-order valence-electron chi connectivity index (χ3n) is 1.70. The summed E-state index contributed by atoms with van der Waals surface area (Å²) in [6, 6.07) is 0. The van der Waals surface area contributed by atoms with Gasteiger partial charge in [-0.1, -0.05) is 13.5 Å². The SMILES string of the molecule is C=CC(=O)OCCCN(C)CCC. The largest absolute Gasteiger partial charge is 0.462 e. The van der Waals surface area contributed by atoms with Crippen LogP contribution in [0.1, 0.15) is 19.8 Å². The number of nitrogens with zero attached hydrogens (tertiary/aromatic N) is 1. The maximum atomic E-state index is 10.6. The van der Waals surface area contributed by atoms with Crippen LogP contribution in [0.4, 0.5) is 0 Å². The summed E-state index contributed by atoms with van der Waals surface area (Å²) in [5, 5.41) is 0. The Kier molecular flexibility index (Phi) is 7.30. The molecule has 0 aromatic heterocycles. The standard InChI is InChI=1S/C10H19NO2/c1-4-7-11(3)8-6-9-13-10(12)5-2/h5H,2,4,6-9H2,1,3H3. The molecule has 76 valence electrons. The number of esters is 1. The van der Waals surface area contributed by atoms with Gasteiger partial charge in [0, 0.05) is 12.6 Å². The maximum absolute atomic E-state index is 10.6. The molecule has 0 saturated heterocycles. The summed E-state index contributed by atoms with van der Waals surface area (Å²) in [7, 11) is 2.07. The molecule has 0 aliphatic rings. The van der Waals surface area contributed by atoms with Crippen molar-refractivity contribution in [3.63, 3.8) is 0 Å². The van der Waals surface area contributed by atoms with E-state index in [0.29, 0.717) is 6.61 Å². The Labute approximate surface area is 80.4 Å². The van der Waals surface area contributed by atoms with Gasteiger partial charge in [0.05, 0.1) is 6.61 Å². The Balaban J connectivity index is 3.24. The molecule has 0 atom stereocenters. The van der Waals surface area contributed by atoms with E-state index in [1.807, 2.05) is 0 Å². The topological polar surface area (TPSA) is 29.5 Å². The summed E-state index contributed by atoms with van der Waals surface area (Å²) in [5.41, 5.74) is 0. The van der Waals surface area contributed by atoms with Crippen LogP contribution in [0.25, 0.3) is 0 Å². The Bertz CT molecular complexity index is 157. The molecule has 0 bridgehead atoms. The molecule has 0 rings (SSSR count). The van der Waals surface area contributed by atoms with Gasteiger partial charge in [-0.2, -0.15) is 0 Å². The van der Waals surface area contributed by atoms with Crippen LogP contribution in [0.3, 0.4) is 0 Å². The van der Waals surface area contributed by atoms with E-state index < -0.39 is 0 Å². The molecule has 3 nitrogen and oxygen atoms in total. The van der Waals surface area contributed by atoms with Crippen LogP contribution in [0, 0.1) is 0 Å². The van der Waals surface area contributed by atoms with E-state index >= 15 is 0 Å². The molecular formula is C10H19NO2. The monoisotopic (exact) mass is 185 g/mol. The molecular weight excluding hydrogens is 166 g/mol. The zero-order valence-electron chi connectivity index (χ0n) is 8.58. The predicted octanol–water partition coefficient (Wildman–Crippen LogP) is 1.45. The minimum Gasteiger partial charge on any atom is -0.462 e. The summed E-state index contributed by atoms with van der Waals surface area (Å²) in [6.45, 7) is 8.01. The van der Waals surface area contributed by atoms with E-state index in [9.17, 15) is 4.79 Å². The molecule has 0 unspecified atom stereocenters. The molecule has 0 saturated carbocycles. The first-order chi connectivity index (χ1) is 6.20. The van der Waals surface area contributed by atoms with Crippen molar-refractivity contribution >= 4 is 5.97 Å². The molecule has 0 aromatic rings. The Morgan fingerprint density at radius 2 is 2.23 bits per heavy atom. The lowest BCUT2D eigenvalue weighted by atomic mass is 10.4. The molecule has 13 heavy (non-hydrogen) atoms. The molecule has 0 radical (unpaired) electrons. The molecule has 0 aliphatic heterocycles. The van der Waals surface area contributed by atoms with Crippen LogP contribution in [-0.4, -0.2) is 37.6 Å². The van der Waals surface area contributed by atoms with Gasteiger partial charge in [0.2, 0.25) is 0 Å². The third kappa shape index (κ3) is 7.53. The highest BCUT2D eigenvalue weighted by Gasteiger charge is 1.98. The fourth-order valence-corrected chi connectivity index (χ4v) is 1.06. The minimum atomic E-state index is -0.335. The van der Waals surface area contributed by atoms with Gasteiger partial charge in [-0.15, -0.1) is 0 Å². The number of hydrogen-bond acceptors (Lipinski definition) is 3. The van der Waals surface area contributed by atoms with Gasteiger partial charge in [-0.3, -0.25) is 0 Å². The lowest BCUT2D eigenvalue weighted by Crippen LogP contribution is -2.21. The Morgan fingerprint density at radius 1 is 1.54 bits per heavy atom. The third-order valence-corrected chi connectivity index (χ3v) is 1.70. The molecule has 0 amide bonds. The molecule has 0 fully saturated rings. The summed E-state index contributed by atoms with van der Waals surface area (Å²) < 4.78 is 4.84. The molecule has 0 spiro atoms. The minimum absolute atomic E-state index is 0.335. The first-order valence-corrected chi connectivity index (χ1v) is 4.68. The predicted molar refractivity (Wildman–Crippen MR) is 53.6 cm³/mol. The number of carbonyl (C=O) groups is 1. The van der Waals surface area contributed by atoms with Crippen molar-refractivity contribution in [3.8, 4) is 0 Å². The highest BCUT2D eigenvalue weighted by atomic mass is 16.5. The zero-order valence-corrected chi connectivity index (χ0v) is 8.58. The molecule has 0 aromatic carbocycles.